The zero-order chi connectivity index (χ0) is 9.26. The van der Waals surface area contributed by atoms with Crippen molar-refractivity contribution >= 4 is 23.3 Å². The quantitative estimate of drug-likeness (QED) is 0.461. The summed E-state index contributed by atoms with van der Waals surface area (Å²) in [5, 5.41) is 2.42. The SMILES string of the molecule is C=Nc1cc2ccccc2c[n+]1C. The first kappa shape index (κ1) is 7.92. The molecule has 0 aliphatic carbocycles. The molecule has 0 amide bonds. The molecule has 2 heteroatoms. The van der Waals surface area contributed by atoms with E-state index < -0.39 is 0 Å². The van der Waals surface area contributed by atoms with Crippen LogP contribution in [0.25, 0.3) is 10.8 Å². The number of fused-ring (bicyclic) bond motifs is 1. The fraction of sp³-hybridized carbons (Fsp3) is 0.0909. The van der Waals surface area contributed by atoms with E-state index in [4.69, 9.17) is 0 Å². The smallest absolute Gasteiger partial charge is 0.233 e. The lowest BCUT2D eigenvalue weighted by Gasteiger charge is -1.98. The predicted octanol–water partition coefficient (Wildman–Crippen LogP) is 2.00. The van der Waals surface area contributed by atoms with Crippen LogP contribution in [0.15, 0.2) is 41.5 Å². The summed E-state index contributed by atoms with van der Waals surface area (Å²) < 4.78 is 1.97. The molecule has 0 atom stereocenters. The number of hydrogen-bond acceptors (Lipinski definition) is 1. The van der Waals surface area contributed by atoms with E-state index in [1.807, 2.05) is 29.8 Å². The summed E-state index contributed by atoms with van der Waals surface area (Å²) in [6, 6.07) is 10.2. The minimum Gasteiger partial charge on any atom is -0.233 e. The van der Waals surface area contributed by atoms with E-state index >= 15 is 0 Å². The molecule has 2 aromatic rings. The first-order valence-electron chi connectivity index (χ1n) is 4.16. The first-order valence-corrected chi connectivity index (χ1v) is 4.16. The van der Waals surface area contributed by atoms with Gasteiger partial charge in [0.1, 0.15) is 6.72 Å². The molecule has 0 N–H and O–H groups in total. The maximum Gasteiger partial charge on any atom is 0.322 e. The van der Waals surface area contributed by atoms with Gasteiger partial charge in [0, 0.05) is 11.5 Å². The van der Waals surface area contributed by atoms with Gasteiger partial charge in [-0.2, -0.15) is 0 Å². The van der Waals surface area contributed by atoms with Gasteiger partial charge in [-0.05, 0) is 5.39 Å². The van der Waals surface area contributed by atoms with Crippen LogP contribution in [0.3, 0.4) is 0 Å². The highest BCUT2D eigenvalue weighted by atomic mass is 15.0. The topological polar surface area (TPSA) is 16.2 Å². The van der Waals surface area contributed by atoms with Gasteiger partial charge in [0.15, 0.2) is 0 Å². The Labute approximate surface area is 77.2 Å². The number of rotatable bonds is 1. The molecule has 2 nitrogen and oxygen atoms in total. The third-order valence-electron chi connectivity index (χ3n) is 2.14. The van der Waals surface area contributed by atoms with Crippen molar-refractivity contribution in [2.45, 2.75) is 0 Å². The fourth-order valence-corrected chi connectivity index (χ4v) is 1.43. The number of pyridine rings is 1. The molecule has 0 spiro atoms. The summed E-state index contributed by atoms with van der Waals surface area (Å²) in [6.07, 6.45) is 2.05. The maximum absolute atomic E-state index is 3.93. The lowest BCUT2D eigenvalue weighted by molar-refractivity contribution is -0.656. The highest BCUT2D eigenvalue weighted by Gasteiger charge is 2.04. The van der Waals surface area contributed by atoms with Gasteiger partial charge in [0.25, 0.3) is 0 Å². The number of nitrogens with zero attached hydrogens (tertiary/aromatic N) is 2. The fourth-order valence-electron chi connectivity index (χ4n) is 1.43. The maximum atomic E-state index is 3.93. The van der Waals surface area contributed by atoms with Gasteiger partial charge in [-0.25, -0.2) is 4.57 Å². The molecule has 0 bridgehead atoms. The summed E-state index contributed by atoms with van der Waals surface area (Å²) in [6.45, 7) is 3.53. The molecule has 1 heterocycles. The Morgan fingerprint density at radius 1 is 1.23 bits per heavy atom. The predicted molar refractivity (Wildman–Crippen MR) is 54.3 cm³/mol. The van der Waals surface area contributed by atoms with Crippen LogP contribution in [0.4, 0.5) is 5.82 Å². The van der Waals surface area contributed by atoms with Crippen molar-refractivity contribution in [3.05, 3.63) is 36.5 Å². The standard InChI is InChI=1S/C11H11N2/c1-12-11-7-9-5-3-4-6-10(9)8-13(11)2/h3-8H,1H2,2H3/q+1. The number of hydrogen-bond donors (Lipinski definition) is 0. The van der Waals surface area contributed by atoms with Crippen molar-refractivity contribution < 1.29 is 4.57 Å². The zero-order valence-electron chi connectivity index (χ0n) is 7.57. The molecular formula is C11H11N2+. The van der Waals surface area contributed by atoms with Crippen LogP contribution in [-0.2, 0) is 7.05 Å². The number of benzene rings is 1. The van der Waals surface area contributed by atoms with Crippen molar-refractivity contribution in [1.29, 1.82) is 0 Å². The van der Waals surface area contributed by atoms with Crippen molar-refractivity contribution in [2.75, 3.05) is 0 Å². The molecule has 0 unspecified atom stereocenters. The zero-order valence-corrected chi connectivity index (χ0v) is 7.57. The van der Waals surface area contributed by atoms with Gasteiger partial charge < -0.3 is 0 Å². The van der Waals surface area contributed by atoms with Crippen molar-refractivity contribution in [1.82, 2.24) is 0 Å². The van der Waals surface area contributed by atoms with Crippen molar-refractivity contribution in [3.63, 3.8) is 0 Å². The molecule has 0 fully saturated rings. The van der Waals surface area contributed by atoms with Gasteiger partial charge in [-0.1, -0.05) is 29.3 Å². The van der Waals surface area contributed by atoms with Crippen LogP contribution in [0.5, 0.6) is 0 Å². The summed E-state index contributed by atoms with van der Waals surface area (Å²) in [7, 11) is 1.97. The molecule has 0 radical (unpaired) electrons. The summed E-state index contributed by atoms with van der Waals surface area (Å²) in [5.74, 6) is 0.888. The average molecular weight is 171 g/mol. The second-order valence-electron chi connectivity index (χ2n) is 3.03. The molecule has 1 aromatic heterocycles. The second-order valence-corrected chi connectivity index (χ2v) is 3.03. The lowest BCUT2D eigenvalue weighted by Crippen LogP contribution is -2.27. The Morgan fingerprint density at radius 2 is 1.92 bits per heavy atom. The minimum atomic E-state index is 0.888. The van der Waals surface area contributed by atoms with E-state index in [2.05, 4.69) is 30.0 Å². The second kappa shape index (κ2) is 2.98. The largest absolute Gasteiger partial charge is 0.322 e. The van der Waals surface area contributed by atoms with Crippen LogP contribution in [0, 0.1) is 0 Å². The van der Waals surface area contributed by atoms with E-state index in [0.29, 0.717) is 0 Å². The third-order valence-corrected chi connectivity index (χ3v) is 2.14. The van der Waals surface area contributed by atoms with Crippen LogP contribution in [-0.4, -0.2) is 6.72 Å². The molecule has 2 rings (SSSR count). The van der Waals surface area contributed by atoms with E-state index in [1.165, 1.54) is 10.8 Å². The van der Waals surface area contributed by atoms with Crippen LogP contribution in [0.2, 0.25) is 0 Å². The molecule has 0 aliphatic rings. The van der Waals surface area contributed by atoms with Gasteiger partial charge in [0.2, 0.25) is 0 Å². The average Bonchev–Trinajstić information content (AvgIpc) is 2.17. The highest BCUT2D eigenvalue weighted by Crippen LogP contribution is 2.15. The van der Waals surface area contributed by atoms with E-state index in [9.17, 15) is 0 Å². The third kappa shape index (κ3) is 1.31. The van der Waals surface area contributed by atoms with Gasteiger partial charge >= 0.3 is 5.82 Å². The van der Waals surface area contributed by atoms with Gasteiger partial charge in [-0.15, -0.1) is 0 Å². The van der Waals surface area contributed by atoms with E-state index in [0.717, 1.165) is 5.82 Å². The Bertz CT molecular complexity index is 461. The molecule has 13 heavy (non-hydrogen) atoms. The van der Waals surface area contributed by atoms with E-state index in [1.54, 1.807) is 0 Å². The van der Waals surface area contributed by atoms with Crippen LogP contribution < -0.4 is 4.57 Å². The molecular weight excluding hydrogens is 160 g/mol. The summed E-state index contributed by atoms with van der Waals surface area (Å²) in [5.41, 5.74) is 0. The van der Waals surface area contributed by atoms with Crippen LogP contribution >= 0.6 is 0 Å². The molecule has 64 valence electrons. The number of aryl methyl sites for hydroxylation is 1. The Kier molecular flexibility index (Phi) is 1.81. The lowest BCUT2D eigenvalue weighted by atomic mass is 10.2. The van der Waals surface area contributed by atoms with E-state index in [-0.39, 0.29) is 0 Å². The number of aliphatic imine (C=N–C) groups is 1. The normalized spacial score (nSPS) is 10.2. The molecule has 0 saturated carbocycles. The Hall–Kier alpha value is -1.70. The monoisotopic (exact) mass is 171 g/mol. The molecule has 1 aromatic carbocycles. The number of aromatic nitrogens is 1. The molecule has 0 aliphatic heterocycles. The summed E-state index contributed by atoms with van der Waals surface area (Å²) in [4.78, 5) is 3.93. The summed E-state index contributed by atoms with van der Waals surface area (Å²) >= 11 is 0. The molecule has 0 saturated heterocycles. The van der Waals surface area contributed by atoms with Gasteiger partial charge in [-0.3, -0.25) is 0 Å². The van der Waals surface area contributed by atoms with Crippen molar-refractivity contribution in [2.24, 2.45) is 12.0 Å². The van der Waals surface area contributed by atoms with Gasteiger partial charge in [0.05, 0.1) is 13.2 Å². The Morgan fingerprint density at radius 3 is 2.62 bits per heavy atom. The first-order chi connectivity index (χ1) is 6.31. The Balaban J connectivity index is 2.81. The van der Waals surface area contributed by atoms with Crippen molar-refractivity contribution in [3.8, 4) is 0 Å². The highest BCUT2D eigenvalue weighted by molar-refractivity contribution is 5.82. The minimum absolute atomic E-state index is 0.888. The van der Waals surface area contributed by atoms with Crippen LogP contribution in [0.1, 0.15) is 0 Å².